The van der Waals surface area contributed by atoms with Crippen molar-refractivity contribution in [3.8, 4) is 0 Å². The van der Waals surface area contributed by atoms with Gasteiger partial charge in [0, 0.05) is 28.4 Å². The lowest BCUT2D eigenvalue weighted by molar-refractivity contribution is 0.0778. The smallest absolute Gasteiger partial charge is 0.204 e. The van der Waals surface area contributed by atoms with Crippen molar-refractivity contribution in [2.24, 2.45) is 5.16 Å². The summed E-state index contributed by atoms with van der Waals surface area (Å²) in [6.45, 7) is 4.68. The molecule has 1 aromatic carbocycles. The van der Waals surface area contributed by atoms with Crippen LogP contribution in [0.5, 0.6) is 0 Å². The Balaban J connectivity index is 1.65. The van der Waals surface area contributed by atoms with Gasteiger partial charge in [0.25, 0.3) is 0 Å². The van der Waals surface area contributed by atoms with E-state index in [1.165, 1.54) is 5.56 Å². The molecule has 4 nitrogen and oxygen atoms in total. The Hall–Kier alpha value is -2.66. The van der Waals surface area contributed by atoms with Gasteiger partial charge >= 0.3 is 0 Å². The van der Waals surface area contributed by atoms with E-state index in [0.29, 0.717) is 5.56 Å². The Morgan fingerprint density at radius 1 is 1.20 bits per heavy atom. The summed E-state index contributed by atoms with van der Waals surface area (Å²) in [6.07, 6.45) is 1.62. The highest BCUT2D eigenvalue weighted by molar-refractivity contribution is 7.11. The van der Waals surface area contributed by atoms with Crippen molar-refractivity contribution in [1.29, 1.82) is 0 Å². The number of Topliss-reactive ketones (excluding diaryl/α,β-unsaturated/α-hetero) is 1. The number of hydrogen-bond donors (Lipinski definition) is 0. The van der Waals surface area contributed by atoms with Crippen molar-refractivity contribution in [3.05, 3.63) is 81.3 Å². The van der Waals surface area contributed by atoms with Gasteiger partial charge in [-0.05, 0) is 36.9 Å². The third-order valence-electron chi connectivity index (χ3n) is 4.05. The molecule has 0 N–H and O–H groups in total. The Labute approximate surface area is 151 Å². The second kappa shape index (κ2) is 7.94. The maximum Gasteiger partial charge on any atom is 0.204 e. The molecule has 0 aliphatic rings. The van der Waals surface area contributed by atoms with Crippen molar-refractivity contribution < 1.29 is 9.63 Å². The zero-order valence-corrected chi connectivity index (χ0v) is 15.1. The molecule has 2 aromatic heterocycles. The third-order valence-corrected chi connectivity index (χ3v) is 4.86. The molecule has 0 unspecified atom stereocenters. The Bertz CT molecular complexity index is 865. The van der Waals surface area contributed by atoms with Gasteiger partial charge in [-0.1, -0.05) is 41.6 Å². The molecule has 25 heavy (non-hydrogen) atoms. The summed E-state index contributed by atoms with van der Waals surface area (Å²) in [5, 5.41) is 5.83. The Morgan fingerprint density at radius 2 is 2.00 bits per heavy atom. The molecule has 0 atom stereocenters. The molecular formula is C20H20N2O2S. The largest absolute Gasteiger partial charge is 0.387 e. The molecule has 0 saturated heterocycles. The first kappa shape index (κ1) is 17.2. The van der Waals surface area contributed by atoms with E-state index in [0.717, 1.165) is 22.8 Å². The molecule has 0 spiro atoms. The Morgan fingerprint density at radius 3 is 2.72 bits per heavy atom. The molecule has 0 saturated carbocycles. The van der Waals surface area contributed by atoms with E-state index in [-0.39, 0.29) is 12.4 Å². The van der Waals surface area contributed by atoms with Gasteiger partial charge in [0.1, 0.15) is 0 Å². The van der Waals surface area contributed by atoms with Crippen molar-refractivity contribution in [3.63, 3.8) is 0 Å². The second-order valence-electron chi connectivity index (χ2n) is 5.80. The lowest BCUT2D eigenvalue weighted by Gasteiger charge is -2.09. The number of rotatable bonds is 7. The quantitative estimate of drug-likeness (QED) is 0.358. The zero-order chi connectivity index (χ0) is 17.6. The van der Waals surface area contributed by atoms with Crippen LogP contribution in [-0.4, -0.2) is 23.2 Å². The topological polar surface area (TPSA) is 43.6 Å². The molecule has 0 amide bonds. The highest BCUT2D eigenvalue weighted by Crippen LogP contribution is 2.18. The predicted octanol–water partition coefficient (Wildman–Crippen LogP) is 4.45. The number of aromatic nitrogens is 1. The van der Waals surface area contributed by atoms with Gasteiger partial charge in [0.15, 0.2) is 6.61 Å². The SMILES string of the molecule is Cc1cc(C(=O)CON=Cc2cccs2)c(C)n1Cc1ccccc1. The number of carbonyl (C=O) groups is 1. The van der Waals surface area contributed by atoms with Gasteiger partial charge in [-0.2, -0.15) is 0 Å². The average molecular weight is 352 g/mol. The lowest BCUT2D eigenvalue weighted by Crippen LogP contribution is -2.09. The van der Waals surface area contributed by atoms with E-state index in [4.69, 9.17) is 4.84 Å². The van der Waals surface area contributed by atoms with Gasteiger partial charge in [-0.15, -0.1) is 11.3 Å². The van der Waals surface area contributed by atoms with E-state index < -0.39 is 0 Å². The summed E-state index contributed by atoms with van der Waals surface area (Å²) in [5.41, 5.74) is 3.92. The van der Waals surface area contributed by atoms with Gasteiger partial charge in [-0.3, -0.25) is 4.79 Å². The van der Waals surface area contributed by atoms with Crippen LogP contribution in [0.1, 0.15) is 32.2 Å². The molecule has 0 bridgehead atoms. The normalized spacial score (nSPS) is 11.1. The van der Waals surface area contributed by atoms with Crippen LogP contribution in [0.25, 0.3) is 0 Å². The fraction of sp³-hybridized carbons (Fsp3) is 0.200. The summed E-state index contributed by atoms with van der Waals surface area (Å²) in [6, 6.07) is 16.0. The van der Waals surface area contributed by atoms with Crippen LogP contribution in [0.4, 0.5) is 0 Å². The highest BCUT2D eigenvalue weighted by Gasteiger charge is 2.16. The number of benzene rings is 1. The highest BCUT2D eigenvalue weighted by atomic mass is 32.1. The molecule has 0 aliphatic heterocycles. The molecule has 2 heterocycles. The van der Waals surface area contributed by atoms with E-state index >= 15 is 0 Å². The summed E-state index contributed by atoms with van der Waals surface area (Å²) in [4.78, 5) is 18.6. The molecule has 0 fully saturated rings. The van der Waals surface area contributed by atoms with Gasteiger partial charge in [-0.25, -0.2) is 0 Å². The van der Waals surface area contributed by atoms with Crippen LogP contribution in [0.15, 0.2) is 59.1 Å². The van der Waals surface area contributed by atoms with E-state index in [1.54, 1.807) is 17.6 Å². The van der Waals surface area contributed by atoms with Gasteiger partial charge in [0.05, 0.1) is 6.21 Å². The second-order valence-corrected chi connectivity index (χ2v) is 6.78. The van der Waals surface area contributed by atoms with Crippen LogP contribution in [0.2, 0.25) is 0 Å². The molecule has 0 radical (unpaired) electrons. The number of thiophene rings is 1. The number of nitrogens with zero attached hydrogens (tertiary/aromatic N) is 2. The standard InChI is InChI=1S/C20H20N2O2S/c1-15-11-19(16(2)22(15)13-17-7-4-3-5-8-17)20(23)14-24-21-12-18-9-6-10-25-18/h3-12H,13-14H2,1-2H3. The van der Waals surface area contributed by atoms with Gasteiger partial charge in [0.2, 0.25) is 5.78 Å². The molecule has 3 aromatic rings. The predicted molar refractivity (Wildman–Crippen MR) is 102 cm³/mol. The number of oxime groups is 1. The van der Waals surface area contributed by atoms with Crippen molar-refractivity contribution in [2.45, 2.75) is 20.4 Å². The maximum atomic E-state index is 12.4. The van der Waals surface area contributed by atoms with Crippen LogP contribution < -0.4 is 0 Å². The number of carbonyl (C=O) groups excluding carboxylic acids is 1. The van der Waals surface area contributed by atoms with Crippen LogP contribution in [-0.2, 0) is 11.4 Å². The zero-order valence-electron chi connectivity index (χ0n) is 14.3. The van der Waals surface area contributed by atoms with E-state index in [9.17, 15) is 4.79 Å². The number of hydrogen-bond acceptors (Lipinski definition) is 4. The average Bonchev–Trinajstić information content (AvgIpc) is 3.23. The van der Waals surface area contributed by atoms with Crippen LogP contribution in [0.3, 0.4) is 0 Å². The molecule has 3 rings (SSSR count). The first-order chi connectivity index (χ1) is 12.1. The van der Waals surface area contributed by atoms with Crippen molar-refractivity contribution >= 4 is 23.3 Å². The monoisotopic (exact) mass is 352 g/mol. The minimum atomic E-state index is -0.0595. The van der Waals surface area contributed by atoms with Gasteiger partial charge < -0.3 is 9.40 Å². The molecular weight excluding hydrogens is 332 g/mol. The summed E-state index contributed by atoms with van der Waals surface area (Å²) < 4.78 is 2.15. The fourth-order valence-corrected chi connectivity index (χ4v) is 3.30. The maximum absolute atomic E-state index is 12.4. The van der Waals surface area contributed by atoms with Crippen molar-refractivity contribution in [2.75, 3.05) is 6.61 Å². The molecule has 128 valence electrons. The van der Waals surface area contributed by atoms with Crippen molar-refractivity contribution in [1.82, 2.24) is 4.57 Å². The Kier molecular flexibility index (Phi) is 5.46. The number of ketones is 1. The van der Waals surface area contributed by atoms with E-state index in [1.807, 2.05) is 55.6 Å². The third kappa shape index (κ3) is 4.25. The van der Waals surface area contributed by atoms with Crippen LogP contribution in [0, 0.1) is 13.8 Å². The minimum absolute atomic E-state index is 0.0580. The summed E-state index contributed by atoms with van der Waals surface area (Å²) in [7, 11) is 0. The first-order valence-electron chi connectivity index (χ1n) is 8.08. The van der Waals surface area contributed by atoms with E-state index in [2.05, 4.69) is 21.9 Å². The summed E-state index contributed by atoms with van der Waals surface area (Å²) >= 11 is 1.57. The fourth-order valence-electron chi connectivity index (χ4n) is 2.72. The molecule has 5 heteroatoms. The molecule has 0 aliphatic carbocycles. The lowest BCUT2D eigenvalue weighted by atomic mass is 10.1. The minimum Gasteiger partial charge on any atom is -0.387 e. The summed E-state index contributed by atoms with van der Waals surface area (Å²) in [5.74, 6) is -0.0595. The van der Waals surface area contributed by atoms with Crippen LogP contribution >= 0.6 is 11.3 Å². The first-order valence-corrected chi connectivity index (χ1v) is 8.96. The number of aryl methyl sites for hydroxylation is 1.